The quantitative estimate of drug-likeness (QED) is 0.107. The standard InChI is InChI=1S/C31H45F3N4O9/c1-27(2,3)45-25(42)29(7,47-38-26(43)46-28(4,5)6)22-11-9-17-12-18(8-10-21(17)44-22)23(35)36-19-13-30(14-19,15-20(40)16-39)37-24(41)31(32,33)34/h8,10,12,19-20,22,39-40H,9,11,13-16H2,1-7H3,(H2,35,36)(H,37,41)(H,38,43)/t19?,20?,22-,29+,30?/m1/s1. The fraction of sp³-hybridized carbons (Fsp3) is 0.677. The normalized spacial score (nSPS) is 23.6. The number of carbonyl (C=O) groups is 3. The van der Waals surface area contributed by atoms with Gasteiger partial charge >= 0.3 is 24.1 Å². The van der Waals surface area contributed by atoms with Crippen LogP contribution in [0, 0.1) is 0 Å². The fourth-order valence-electron chi connectivity index (χ4n) is 5.35. The molecular weight excluding hydrogens is 629 g/mol. The van der Waals surface area contributed by atoms with E-state index in [0.29, 0.717) is 17.7 Å². The molecule has 13 nitrogen and oxygen atoms in total. The Morgan fingerprint density at radius 2 is 1.70 bits per heavy atom. The summed E-state index contributed by atoms with van der Waals surface area (Å²) < 4.78 is 55.7. The number of aliphatic hydroxyl groups is 2. The maximum atomic E-state index is 13.3. The predicted molar refractivity (Wildman–Crippen MR) is 162 cm³/mol. The van der Waals surface area contributed by atoms with Crippen molar-refractivity contribution in [3.63, 3.8) is 0 Å². The molecular formula is C31H45F3N4O9. The summed E-state index contributed by atoms with van der Waals surface area (Å²) in [5.74, 6) is -2.39. The molecule has 1 aromatic carbocycles. The highest BCUT2D eigenvalue weighted by atomic mass is 19.4. The number of carbonyl (C=O) groups excluding carboxylic acids is 3. The number of hydroxylamine groups is 1. The van der Waals surface area contributed by atoms with Crippen molar-refractivity contribution in [2.24, 2.45) is 10.7 Å². The van der Waals surface area contributed by atoms with Gasteiger partial charge in [0.15, 0.2) is 0 Å². The Kier molecular flexibility index (Phi) is 11.1. The fourth-order valence-corrected chi connectivity index (χ4v) is 5.35. The first-order valence-corrected chi connectivity index (χ1v) is 15.2. The van der Waals surface area contributed by atoms with Crippen molar-refractivity contribution in [3.05, 3.63) is 29.3 Å². The van der Waals surface area contributed by atoms with E-state index in [1.54, 1.807) is 59.7 Å². The SMILES string of the molecule is CC(C)(C)OC(=O)NO[C@](C)(C(=O)OC(C)(C)C)[C@H]1CCc2cc(C(N)=NC3CC(CC(O)CO)(NC(=O)C(F)(F)F)C3)ccc2O1. The molecule has 264 valence electrons. The number of esters is 1. The van der Waals surface area contributed by atoms with Crippen LogP contribution in [0.1, 0.15) is 85.3 Å². The predicted octanol–water partition coefficient (Wildman–Crippen LogP) is 2.97. The number of nitrogens with two attached hydrogens (primary N) is 1. The molecule has 2 aliphatic rings. The lowest BCUT2D eigenvalue weighted by atomic mass is 9.69. The van der Waals surface area contributed by atoms with Gasteiger partial charge in [-0.3, -0.25) is 9.79 Å². The second-order valence-electron chi connectivity index (χ2n) is 14.1. The summed E-state index contributed by atoms with van der Waals surface area (Å²) in [5, 5.41) is 21.0. The van der Waals surface area contributed by atoms with Gasteiger partial charge in [0, 0.05) is 11.1 Å². The average molecular weight is 675 g/mol. The monoisotopic (exact) mass is 674 g/mol. The number of benzene rings is 1. The molecule has 1 heterocycles. The number of nitrogens with zero attached hydrogens (tertiary/aromatic N) is 1. The van der Waals surface area contributed by atoms with E-state index in [1.807, 2.05) is 5.32 Å². The highest BCUT2D eigenvalue weighted by Gasteiger charge is 2.52. The lowest BCUT2D eigenvalue weighted by Gasteiger charge is -2.47. The van der Waals surface area contributed by atoms with Gasteiger partial charge in [0.1, 0.15) is 28.9 Å². The maximum absolute atomic E-state index is 13.3. The molecule has 0 bridgehead atoms. The number of amidine groups is 1. The Morgan fingerprint density at radius 1 is 1.09 bits per heavy atom. The van der Waals surface area contributed by atoms with Crippen molar-refractivity contribution in [3.8, 4) is 5.75 Å². The molecule has 1 aliphatic carbocycles. The van der Waals surface area contributed by atoms with Crippen LogP contribution < -0.4 is 21.3 Å². The van der Waals surface area contributed by atoms with Crippen LogP contribution in [0.4, 0.5) is 18.0 Å². The van der Waals surface area contributed by atoms with Gasteiger partial charge in [-0.05, 0) is 104 Å². The lowest BCUT2D eigenvalue weighted by molar-refractivity contribution is -0.205. The van der Waals surface area contributed by atoms with Crippen LogP contribution in [0.2, 0.25) is 0 Å². The van der Waals surface area contributed by atoms with E-state index >= 15 is 0 Å². The maximum Gasteiger partial charge on any atom is 0.471 e. The minimum Gasteiger partial charge on any atom is -0.486 e. The molecule has 1 unspecified atom stereocenters. The number of rotatable bonds is 10. The van der Waals surface area contributed by atoms with Gasteiger partial charge in [0.2, 0.25) is 5.60 Å². The van der Waals surface area contributed by atoms with Gasteiger partial charge in [-0.15, -0.1) is 0 Å². The largest absolute Gasteiger partial charge is 0.486 e. The van der Waals surface area contributed by atoms with E-state index in [1.165, 1.54) is 6.92 Å². The van der Waals surface area contributed by atoms with Gasteiger partial charge in [-0.25, -0.2) is 14.4 Å². The molecule has 16 heteroatoms. The number of halogens is 3. The number of amides is 2. The molecule has 2 amide bonds. The van der Waals surface area contributed by atoms with Gasteiger partial charge in [-0.2, -0.15) is 18.7 Å². The van der Waals surface area contributed by atoms with Crippen molar-refractivity contribution in [2.75, 3.05) is 6.61 Å². The number of hydrogen-bond donors (Lipinski definition) is 5. The number of nitrogens with one attached hydrogen (secondary N) is 2. The molecule has 0 spiro atoms. The highest BCUT2D eigenvalue weighted by molar-refractivity contribution is 5.98. The zero-order valence-electron chi connectivity index (χ0n) is 27.6. The van der Waals surface area contributed by atoms with Gasteiger partial charge in [0.25, 0.3) is 0 Å². The minimum absolute atomic E-state index is 0.0249. The molecule has 47 heavy (non-hydrogen) atoms. The molecule has 3 atom stereocenters. The van der Waals surface area contributed by atoms with E-state index in [-0.39, 0.29) is 31.5 Å². The summed E-state index contributed by atoms with van der Waals surface area (Å²) in [5.41, 5.74) is 4.82. The Hall–Kier alpha value is -3.63. The summed E-state index contributed by atoms with van der Waals surface area (Å²) in [6.07, 6.45) is -7.88. The summed E-state index contributed by atoms with van der Waals surface area (Å²) in [6, 6.07) is 4.44. The van der Waals surface area contributed by atoms with Crippen molar-refractivity contribution >= 4 is 23.8 Å². The Labute approximate surface area is 271 Å². The smallest absolute Gasteiger partial charge is 0.471 e. The number of aliphatic imine (C=N–C) groups is 1. The summed E-state index contributed by atoms with van der Waals surface area (Å²) in [7, 11) is 0. The third-order valence-corrected chi connectivity index (χ3v) is 7.51. The van der Waals surface area contributed by atoms with E-state index < -0.39 is 71.3 Å². The van der Waals surface area contributed by atoms with Crippen LogP contribution >= 0.6 is 0 Å². The van der Waals surface area contributed by atoms with Crippen LogP contribution in [0.5, 0.6) is 5.75 Å². The first-order chi connectivity index (χ1) is 21.4. The summed E-state index contributed by atoms with van der Waals surface area (Å²) >= 11 is 0. The minimum atomic E-state index is -5.11. The van der Waals surface area contributed by atoms with Crippen LogP contribution in [-0.2, 0) is 30.3 Å². The molecule has 0 radical (unpaired) electrons. The first kappa shape index (κ1) is 37.8. The van der Waals surface area contributed by atoms with Gasteiger partial charge in [-0.1, -0.05) is 0 Å². The number of fused-ring (bicyclic) bond motifs is 1. The van der Waals surface area contributed by atoms with Crippen molar-refractivity contribution < 1.29 is 56.8 Å². The van der Waals surface area contributed by atoms with Crippen molar-refractivity contribution in [1.82, 2.24) is 10.8 Å². The zero-order valence-corrected chi connectivity index (χ0v) is 27.6. The lowest BCUT2D eigenvalue weighted by Crippen LogP contribution is -2.62. The molecule has 6 N–H and O–H groups in total. The third-order valence-electron chi connectivity index (χ3n) is 7.51. The number of hydrogen-bond acceptors (Lipinski definition) is 10. The average Bonchev–Trinajstić information content (AvgIpc) is 2.91. The molecule has 0 saturated heterocycles. The Bertz CT molecular complexity index is 1350. The van der Waals surface area contributed by atoms with Gasteiger partial charge < -0.3 is 35.5 Å². The second-order valence-corrected chi connectivity index (χ2v) is 14.1. The number of aryl methyl sites for hydroxylation is 1. The third kappa shape index (κ3) is 10.2. The van der Waals surface area contributed by atoms with E-state index in [2.05, 4.69) is 10.5 Å². The number of alkyl halides is 3. The molecule has 1 fully saturated rings. The van der Waals surface area contributed by atoms with Crippen LogP contribution in [0.25, 0.3) is 0 Å². The zero-order chi connectivity index (χ0) is 35.6. The Balaban J connectivity index is 1.76. The molecule has 1 saturated carbocycles. The first-order valence-electron chi connectivity index (χ1n) is 15.2. The number of aliphatic hydroxyl groups excluding tert-OH is 2. The summed E-state index contributed by atoms with van der Waals surface area (Å²) in [6.45, 7) is 10.9. The van der Waals surface area contributed by atoms with E-state index in [9.17, 15) is 37.8 Å². The van der Waals surface area contributed by atoms with Crippen LogP contribution in [0.15, 0.2) is 23.2 Å². The van der Waals surface area contributed by atoms with Crippen molar-refractivity contribution in [1.29, 1.82) is 0 Å². The summed E-state index contributed by atoms with van der Waals surface area (Å²) in [4.78, 5) is 47.3. The van der Waals surface area contributed by atoms with Crippen LogP contribution in [-0.4, -0.2) is 87.4 Å². The van der Waals surface area contributed by atoms with Gasteiger partial charge in [0.05, 0.1) is 18.8 Å². The Morgan fingerprint density at radius 3 is 2.26 bits per heavy atom. The molecule has 3 rings (SSSR count). The molecule has 1 aliphatic heterocycles. The molecule has 1 aromatic rings. The van der Waals surface area contributed by atoms with E-state index in [0.717, 1.165) is 5.56 Å². The van der Waals surface area contributed by atoms with E-state index in [4.69, 9.17) is 24.8 Å². The van der Waals surface area contributed by atoms with Crippen molar-refractivity contribution in [2.45, 2.75) is 127 Å². The van der Waals surface area contributed by atoms with Crippen LogP contribution in [0.3, 0.4) is 0 Å². The topological polar surface area (TPSA) is 191 Å². The highest BCUT2D eigenvalue weighted by Crippen LogP contribution is 2.40. The number of ether oxygens (including phenoxy) is 3. The second kappa shape index (κ2) is 13.8. The molecule has 0 aromatic heterocycles.